The number of aryl methyl sites for hydroxylation is 1. The number of likely N-dealkylation sites (N-methyl/N-ethyl adjacent to an activating group) is 1. The maximum atomic E-state index is 14.3. The Kier molecular flexibility index (Phi) is 16.7. The van der Waals surface area contributed by atoms with Gasteiger partial charge in [-0.2, -0.15) is 8.78 Å². The zero-order chi connectivity index (χ0) is 47.0. The van der Waals surface area contributed by atoms with Crippen molar-refractivity contribution in [2.75, 3.05) is 42.8 Å². The summed E-state index contributed by atoms with van der Waals surface area (Å²) in [7, 11) is -3.39. The summed E-state index contributed by atoms with van der Waals surface area (Å²) in [4.78, 5) is 33.7. The van der Waals surface area contributed by atoms with E-state index in [1.165, 1.54) is 6.08 Å². The molecule has 63 heavy (non-hydrogen) atoms. The van der Waals surface area contributed by atoms with E-state index in [-0.39, 0.29) is 34.5 Å². The second kappa shape index (κ2) is 20.9. The van der Waals surface area contributed by atoms with Gasteiger partial charge in [0.15, 0.2) is 18.6 Å². The van der Waals surface area contributed by atoms with Crippen LogP contribution in [0.4, 0.5) is 33.3 Å². The molecule has 0 bridgehead atoms. The van der Waals surface area contributed by atoms with Gasteiger partial charge in [-0.25, -0.2) is 31.3 Å². The Morgan fingerprint density at radius 2 is 1.49 bits per heavy atom. The summed E-state index contributed by atoms with van der Waals surface area (Å²) in [6, 6.07) is 11.5. The fourth-order valence-electron chi connectivity index (χ4n) is 6.59. The van der Waals surface area contributed by atoms with Crippen LogP contribution in [0.2, 0.25) is 0 Å². The second-order valence-corrected chi connectivity index (χ2v) is 18.5. The van der Waals surface area contributed by atoms with Crippen LogP contribution in [-0.4, -0.2) is 64.5 Å². The Morgan fingerprint density at radius 3 is 2.06 bits per heavy atom. The molecular formula is C46H58F5N5O6S. The first kappa shape index (κ1) is 50.4. The van der Waals surface area contributed by atoms with Crippen LogP contribution in [0.5, 0.6) is 11.5 Å². The normalized spacial score (nSPS) is 14.6. The van der Waals surface area contributed by atoms with Crippen molar-refractivity contribution in [1.82, 2.24) is 10.0 Å². The standard InChI is InChI=1S/C46H58F5N5O6S/c1-11-15-37(62-36-19-16-28(45(6,7)12-2)23-30(36)46(8,9)13-3)44(58)55-33-25-35(57)34(52-26-61-43-41(50)39(48)38(47)40(49)42(43)51)24-32(33)54-31-18-17-29(22-27(31)5)56(14-4)21-20-53-63(10,59)60/h16-19,22-25,37,53-54H,11-15,20-21,26H2,1-10H3,(H,55,58). The second-order valence-electron chi connectivity index (χ2n) is 16.6. The van der Waals surface area contributed by atoms with Crippen LogP contribution in [0.25, 0.3) is 0 Å². The number of hydrogen-bond acceptors (Lipinski definition) is 9. The average Bonchev–Trinajstić information content (AvgIpc) is 3.23. The summed E-state index contributed by atoms with van der Waals surface area (Å²) in [6.45, 7) is 18.6. The van der Waals surface area contributed by atoms with Crippen LogP contribution in [0.15, 0.2) is 64.9 Å². The molecule has 17 heteroatoms. The van der Waals surface area contributed by atoms with Crippen LogP contribution in [0.3, 0.4) is 0 Å². The van der Waals surface area contributed by atoms with Crippen LogP contribution in [0.1, 0.15) is 97.8 Å². The third-order valence-corrected chi connectivity index (χ3v) is 12.0. The van der Waals surface area contributed by atoms with E-state index >= 15 is 0 Å². The van der Waals surface area contributed by atoms with Gasteiger partial charge >= 0.3 is 0 Å². The Hall–Kier alpha value is -5.29. The molecule has 4 rings (SSSR count). The third kappa shape index (κ3) is 12.5. The van der Waals surface area contributed by atoms with Crippen molar-refractivity contribution in [3.63, 3.8) is 0 Å². The number of benzene rings is 3. The number of carbonyl (C=O) groups excluding carboxylic acids is 2. The van der Waals surface area contributed by atoms with Gasteiger partial charge in [0.1, 0.15) is 11.5 Å². The number of carbonyl (C=O) groups is 2. The van der Waals surface area contributed by atoms with Gasteiger partial charge in [0.2, 0.25) is 44.9 Å². The van der Waals surface area contributed by atoms with Crippen LogP contribution >= 0.6 is 0 Å². The lowest BCUT2D eigenvalue weighted by molar-refractivity contribution is -0.127. The fraction of sp³-hybridized carbons (Fsp3) is 0.457. The summed E-state index contributed by atoms with van der Waals surface area (Å²) >= 11 is 0. The van der Waals surface area contributed by atoms with Crippen molar-refractivity contribution < 1.29 is 49.4 Å². The van der Waals surface area contributed by atoms with E-state index in [1.54, 1.807) is 12.1 Å². The minimum absolute atomic E-state index is 0.0361. The third-order valence-electron chi connectivity index (χ3n) is 11.3. The first-order chi connectivity index (χ1) is 29.5. The van der Waals surface area contributed by atoms with Crippen molar-refractivity contribution in [3.05, 3.63) is 106 Å². The molecule has 344 valence electrons. The molecule has 1 unspecified atom stereocenters. The summed E-state index contributed by atoms with van der Waals surface area (Å²) in [5.74, 6) is -13.5. The number of ether oxygens (including phenoxy) is 2. The van der Waals surface area contributed by atoms with E-state index in [0.29, 0.717) is 42.9 Å². The van der Waals surface area contributed by atoms with Crippen LogP contribution < -0.4 is 29.7 Å². The number of hydrogen-bond donors (Lipinski definition) is 3. The first-order valence-corrected chi connectivity index (χ1v) is 22.7. The van der Waals surface area contributed by atoms with Gasteiger partial charge in [0.25, 0.3) is 5.91 Å². The SMILES string of the molecule is CCCC(Oc1ccc(C(C)(C)CC)cc1C(C)(C)CC)C(=O)NC1=CC(=O)C(=NCOc2c(F)c(F)c(F)c(F)c2F)C=C1Nc1ccc(N(CC)CCNS(C)(=O)=O)cc1C. The van der Waals surface area contributed by atoms with Crippen molar-refractivity contribution in [3.8, 4) is 11.5 Å². The molecule has 0 fully saturated rings. The number of halogens is 5. The number of ketones is 1. The van der Waals surface area contributed by atoms with E-state index in [9.17, 15) is 40.0 Å². The van der Waals surface area contributed by atoms with Crippen molar-refractivity contribution in [2.24, 2.45) is 4.99 Å². The van der Waals surface area contributed by atoms with Crippen molar-refractivity contribution in [2.45, 2.75) is 105 Å². The Labute approximate surface area is 367 Å². The minimum Gasteiger partial charge on any atom is -0.480 e. The number of nitrogens with one attached hydrogen (secondary N) is 3. The molecule has 0 saturated heterocycles. The summed E-state index contributed by atoms with van der Waals surface area (Å²) < 4.78 is 107. The van der Waals surface area contributed by atoms with Gasteiger partial charge < -0.3 is 25.0 Å². The molecule has 1 aliphatic carbocycles. The van der Waals surface area contributed by atoms with Crippen molar-refractivity contribution in [1.29, 1.82) is 0 Å². The smallest absolute Gasteiger partial charge is 0.265 e. The molecule has 3 aromatic rings. The molecule has 0 heterocycles. The number of sulfonamides is 1. The highest BCUT2D eigenvalue weighted by Gasteiger charge is 2.31. The predicted octanol–water partition coefficient (Wildman–Crippen LogP) is 9.05. The van der Waals surface area contributed by atoms with E-state index in [2.05, 4.69) is 68.0 Å². The lowest BCUT2D eigenvalue weighted by Crippen LogP contribution is -2.40. The van der Waals surface area contributed by atoms with Gasteiger partial charge in [0, 0.05) is 42.6 Å². The highest BCUT2D eigenvalue weighted by Crippen LogP contribution is 2.39. The molecule has 0 saturated carbocycles. The molecule has 0 spiro atoms. The molecule has 1 atom stereocenters. The average molecular weight is 904 g/mol. The number of anilines is 2. The van der Waals surface area contributed by atoms with Crippen LogP contribution in [0, 0.1) is 36.0 Å². The van der Waals surface area contributed by atoms with E-state index < -0.39 is 69.4 Å². The molecule has 0 radical (unpaired) electrons. The highest BCUT2D eigenvalue weighted by atomic mass is 32.2. The van der Waals surface area contributed by atoms with Crippen LogP contribution in [-0.2, 0) is 30.4 Å². The number of amides is 1. The molecule has 1 amide bonds. The Balaban J connectivity index is 1.71. The Morgan fingerprint density at radius 1 is 0.857 bits per heavy atom. The number of rotatable bonds is 21. The first-order valence-electron chi connectivity index (χ1n) is 20.8. The summed E-state index contributed by atoms with van der Waals surface area (Å²) in [5, 5.41) is 6.07. The molecule has 1 aliphatic rings. The molecule has 0 aromatic heterocycles. The van der Waals surface area contributed by atoms with Gasteiger partial charge in [-0.3, -0.25) is 9.59 Å². The monoisotopic (exact) mass is 903 g/mol. The van der Waals surface area contributed by atoms with Gasteiger partial charge in [-0.1, -0.05) is 67.0 Å². The van der Waals surface area contributed by atoms with Crippen molar-refractivity contribution >= 4 is 38.8 Å². The highest BCUT2D eigenvalue weighted by molar-refractivity contribution is 7.88. The maximum Gasteiger partial charge on any atom is 0.265 e. The predicted molar refractivity (Wildman–Crippen MR) is 236 cm³/mol. The summed E-state index contributed by atoms with van der Waals surface area (Å²) in [6.07, 6.45) is 5.04. The molecule has 3 aromatic carbocycles. The van der Waals surface area contributed by atoms with E-state index in [4.69, 9.17) is 9.47 Å². The molecule has 11 nitrogen and oxygen atoms in total. The number of nitrogens with zero attached hydrogens (tertiary/aromatic N) is 2. The molecule has 3 N–H and O–H groups in total. The maximum absolute atomic E-state index is 14.3. The topological polar surface area (TPSA) is 138 Å². The quantitative estimate of drug-likeness (QED) is 0.0417. The molecular weight excluding hydrogens is 846 g/mol. The Bertz CT molecular complexity index is 2370. The molecule has 0 aliphatic heterocycles. The van der Waals surface area contributed by atoms with Gasteiger partial charge in [-0.15, -0.1) is 0 Å². The number of allylic oxidation sites excluding steroid dienone is 2. The lowest BCUT2D eigenvalue weighted by atomic mass is 9.76. The van der Waals surface area contributed by atoms with E-state index in [0.717, 1.165) is 42.0 Å². The summed E-state index contributed by atoms with van der Waals surface area (Å²) in [5.41, 5.74) is 3.60. The fourth-order valence-corrected chi connectivity index (χ4v) is 7.05. The van der Waals surface area contributed by atoms with E-state index in [1.807, 2.05) is 43.9 Å². The zero-order valence-electron chi connectivity index (χ0n) is 37.5. The van der Waals surface area contributed by atoms with Gasteiger partial charge in [-0.05, 0) is 85.4 Å². The van der Waals surface area contributed by atoms with Gasteiger partial charge in [0.05, 0.1) is 17.6 Å². The number of aliphatic imine (C=N–C) groups is 1. The zero-order valence-corrected chi connectivity index (χ0v) is 38.3. The lowest BCUT2D eigenvalue weighted by Gasteiger charge is -2.31. The minimum atomic E-state index is -3.39. The largest absolute Gasteiger partial charge is 0.480 e.